The monoisotopic (exact) mass is 391 g/mol. The van der Waals surface area contributed by atoms with Crippen LogP contribution in [0.3, 0.4) is 0 Å². The van der Waals surface area contributed by atoms with Gasteiger partial charge in [0.25, 0.3) is 0 Å². The van der Waals surface area contributed by atoms with E-state index in [2.05, 4.69) is 22.6 Å². The molecule has 0 radical (unpaired) electrons. The molecule has 6 heteroatoms. The lowest BCUT2D eigenvalue weighted by molar-refractivity contribution is -0.126. The maximum Gasteiger partial charge on any atom is 0.240 e. The van der Waals surface area contributed by atoms with Gasteiger partial charge in [-0.3, -0.25) is 4.79 Å². The van der Waals surface area contributed by atoms with Crippen molar-refractivity contribution in [1.82, 2.24) is 4.90 Å². The Balaban J connectivity index is 2.43. The second kappa shape index (κ2) is 6.53. The number of allylic oxidation sites excluding steroid dienone is 1. The molecule has 1 aliphatic rings. The summed E-state index contributed by atoms with van der Waals surface area (Å²) >= 11 is 2.09. The number of nitrogens with zero attached hydrogens (tertiary/aromatic N) is 1. The number of hydrogen-bond donors (Lipinski definition) is 0. The Bertz CT molecular complexity index is 547. The summed E-state index contributed by atoms with van der Waals surface area (Å²) in [6.07, 6.45) is 2.44. The van der Waals surface area contributed by atoms with Crippen molar-refractivity contribution in [1.29, 1.82) is 0 Å². The molecule has 0 bridgehead atoms. The molecule has 0 aromatic heterocycles. The predicted octanol–water partition coefficient (Wildman–Crippen LogP) is 2.82. The minimum Gasteiger partial charge on any atom is -0.467 e. The van der Waals surface area contributed by atoms with Crippen LogP contribution in [0.15, 0.2) is 24.3 Å². The van der Waals surface area contributed by atoms with Crippen LogP contribution in [0.2, 0.25) is 0 Å². The normalized spacial score (nSPS) is 19.0. The zero-order chi connectivity index (χ0) is 14.7. The highest BCUT2D eigenvalue weighted by molar-refractivity contribution is 14.1. The molecule has 0 spiro atoms. The molecule has 0 fully saturated rings. The number of rotatable bonds is 4. The summed E-state index contributed by atoms with van der Waals surface area (Å²) in [5, 5.41) is 0. The highest BCUT2D eigenvalue weighted by Crippen LogP contribution is 2.34. The van der Waals surface area contributed by atoms with Gasteiger partial charge >= 0.3 is 0 Å². The van der Waals surface area contributed by atoms with Crippen molar-refractivity contribution in [2.45, 2.75) is 10.3 Å². The summed E-state index contributed by atoms with van der Waals surface area (Å²) in [5.74, 6) is -0.0925. The van der Waals surface area contributed by atoms with Crippen molar-refractivity contribution < 1.29 is 18.7 Å². The van der Waals surface area contributed by atoms with Gasteiger partial charge in [-0.15, -0.1) is 0 Å². The van der Waals surface area contributed by atoms with Gasteiger partial charge in [0.15, 0.2) is 6.79 Å². The fourth-order valence-electron chi connectivity index (χ4n) is 2.05. The maximum atomic E-state index is 14.2. The maximum absolute atomic E-state index is 14.2. The van der Waals surface area contributed by atoms with Crippen molar-refractivity contribution >= 4 is 34.2 Å². The number of alkyl halides is 1. The molecule has 1 heterocycles. The van der Waals surface area contributed by atoms with Crippen molar-refractivity contribution in [2.75, 3.05) is 21.0 Å². The van der Waals surface area contributed by atoms with E-state index in [1.807, 2.05) is 6.08 Å². The highest BCUT2D eigenvalue weighted by Gasteiger charge is 2.29. The first-order valence-electron chi connectivity index (χ1n) is 6.08. The zero-order valence-electron chi connectivity index (χ0n) is 11.2. The van der Waals surface area contributed by atoms with E-state index >= 15 is 0 Å². The van der Waals surface area contributed by atoms with Gasteiger partial charge in [0.1, 0.15) is 11.6 Å². The number of methoxy groups -OCH3 is 1. The van der Waals surface area contributed by atoms with Gasteiger partial charge in [0.2, 0.25) is 5.91 Å². The lowest BCUT2D eigenvalue weighted by atomic mass is 10.0. The summed E-state index contributed by atoms with van der Waals surface area (Å²) < 4.78 is 24.3. The summed E-state index contributed by atoms with van der Waals surface area (Å²) in [7, 11) is 3.14. The molecule has 0 saturated heterocycles. The average Bonchev–Trinajstić information content (AvgIpc) is 2.44. The van der Waals surface area contributed by atoms with Gasteiger partial charge in [-0.25, -0.2) is 4.39 Å². The Morgan fingerprint density at radius 1 is 1.50 bits per heavy atom. The van der Waals surface area contributed by atoms with E-state index in [-0.39, 0.29) is 16.6 Å². The predicted molar refractivity (Wildman–Crippen MR) is 82.1 cm³/mol. The van der Waals surface area contributed by atoms with E-state index < -0.39 is 5.82 Å². The van der Waals surface area contributed by atoms with Crippen molar-refractivity contribution in [3.63, 3.8) is 0 Å². The van der Waals surface area contributed by atoms with Gasteiger partial charge in [0, 0.05) is 14.2 Å². The van der Waals surface area contributed by atoms with Gasteiger partial charge in [-0.1, -0.05) is 34.7 Å². The quantitative estimate of drug-likeness (QED) is 0.450. The number of halogens is 2. The number of benzene rings is 1. The molecule has 0 aliphatic carbocycles. The minimum atomic E-state index is -0.420. The van der Waals surface area contributed by atoms with Gasteiger partial charge in [-0.2, -0.15) is 0 Å². The molecule has 1 atom stereocenters. The first-order valence-corrected chi connectivity index (χ1v) is 7.33. The van der Waals surface area contributed by atoms with Crippen molar-refractivity contribution in [3.8, 4) is 5.75 Å². The highest BCUT2D eigenvalue weighted by atomic mass is 127. The van der Waals surface area contributed by atoms with Gasteiger partial charge in [-0.05, 0) is 18.6 Å². The molecule has 2 rings (SSSR count). The zero-order valence-corrected chi connectivity index (χ0v) is 13.4. The Kier molecular flexibility index (Phi) is 4.98. The van der Waals surface area contributed by atoms with Crippen molar-refractivity contribution in [2.24, 2.45) is 0 Å². The topological polar surface area (TPSA) is 38.8 Å². The number of carbonyl (C=O) groups is 1. The molecule has 20 heavy (non-hydrogen) atoms. The molecule has 0 saturated carbocycles. The van der Waals surface area contributed by atoms with Crippen LogP contribution in [-0.2, 0) is 9.53 Å². The van der Waals surface area contributed by atoms with Crippen LogP contribution in [0.1, 0.15) is 12.0 Å². The molecule has 4 nitrogen and oxygen atoms in total. The van der Waals surface area contributed by atoms with Crippen LogP contribution in [0.25, 0.3) is 5.70 Å². The fraction of sp³-hybridized carbons (Fsp3) is 0.357. The van der Waals surface area contributed by atoms with E-state index in [0.717, 1.165) is 0 Å². The second-order valence-electron chi connectivity index (χ2n) is 4.35. The summed E-state index contributed by atoms with van der Waals surface area (Å²) in [4.78, 5) is 13.5. The van der Waals surface area contributed by atoms with Crippen LogP contribution in [0.4, 0.5) is 4.39 Å². The van der Waals surface area contributed by atoms with Gasteiger partial charge < -0.3 is 14.4 Å². The van der Waals surface area contributed by atoms with E-state index in [1.54, 1.807) is 19.2 Å². The number of carbonyl (C=O) groups excluding carboxylic acids is 1. The molecule has 1 aromatic carbocycles. The van der Waals surface area contributed by atoms with Crippen LogP contribution in [0.5, 0.6) is 5.75 Å². The first-order chi connectivity index (χ1) is 9.56. The second-order valence-corrected chi connectivity index (χ2v) is 5.86. The summed E-state index contributed by atoms with van der Waals surface area (Å²) in [6, 6.07) is 4.58. The van der Waals surface area contributed by atoms with Gasteiger partial charge in [0.05, 0.1) is 15.2 Å². The SMILES string of the molecule is COCOc1cccc(F)c1C1=CCC(I)C(=O)N1C. The van der Waals surface area contributed by atoms with E-state index in [4.69, 9.17) is 9.47 Å². The Hall–Kier alpha value is -1.15. The Morgan fingerprint density at radius 2 is 2.25 bits per heavy atom. The minimum absolute atomic E-state index is 0.0241. The average molecular weight is 391 g/mol. The van der Waals surface area contributed by atoms with E-state index in [9.17, 15) is 9.18 Å². The number of amides is 1. The fourth-order valence-corrected chi connectivity index (χ4v) is 2.72. The smallest absolute Gasteiger partial charge is 0.240 e. The van der Waals surface area contributed by atoms with E-state index in [1.165, 1.54) is 18.1 Å². The van der Waals surface area contributed by atoms with Crippen molar-refractivity contribution in [3.05, 3.63) is 35.7 Å². The van der Waals surface area contributed by atoms with E-state index in [0.29, 0.717) is 23.4 Å². The molecular formula is C14H15FINO3. The standard InChI is InChI=1S/C14H15FINO3/c1-17-11(7-6-10(16)14(17)18)13-9(15)4-3-5-12(13)20-8-19-2/h3-5,7,10H,6,8H2,1-2H3. The first kappa shape index (κ1) is 15.2. The molecule has 1 amide bonds. The number of ether oxygens (including phenoxy) is 2. The molecule has 1 aliphatic heterocycles. The Labute approximate surface area is 130 Å². The molecule has 1 aromatic rings. The molecular weight excluding hydrogens is 376 g/mol. The molecule has 108 valence electrons. The summed E-state index contributed by atoms with van der Waals surface area (Å²) in [5.41, 5.74) is 0.829. The van der Waals surface area contributed by atoms with Crippen LogP contribution in [0, 0.1) is 5.82 Å². The van der Waals surface area contributed by atoms with Crippen LogP contribution < -0.4 is 4.74 Å². The molecule has 1 unspecified atom stereocenters. The van der Waals surface area contributed by atoms with Crippen LogP contribution >= 0.6 is 22.6 Å². The van der Waals surface area contributed by atoms with Crippen LogP contribution in [-0.4, -0.2) is 35.7 Å². The summed E-state index contributed by atoms with van der Waals surface area (Å²) in [6.45, 7) is 0.0241. The number of hydrogen-bond acceptors (Lipinski definition) is 3. The third kappa shape index (κ3) is 2.95. The molecule has 0 N–H and O–H groups in total. The lowest BCUT2D eigenvalue weighted by Crippen LogP contribution is -2.35. The third-order valence-corrected chi connectivity index (χ3v) is 4.08. The largest absolute Gasteiger partial charge is 0.467 e. The third-order valence-electron chi connectivity index (χ3n) is 3.04. The lowest BCUT2D eigenvalue weighted by Gasteiger charge is -2.28. The Morgan fingerprint density at radius 3 is 2.95 bits per heavy atom.